The molecule has 19 heavy (non-hydrogen) atoms. The van der Waals surface area contributed by atoms with Crippen LogP contribution in [0.4, 0.5) is 0 Å². The van der Waals surface area contributed by atoms with Gasteiger partial charge in [-0.1, -0.05) is 0 Å². The number of carbonyl (C=O) groups is 2. The van der Waals surface area contributed by atoms with Crippen molar-refractivity contribution < 1.29 is 29.3 Å². The second kappa shape index (κ2) is 7.10. The first-order valence-electron chi connectivity index (χ1n) is 6.16. The highest BCUT2D eigenvalue weighted by Crippen LogP contribution is 2.36. The minimum Gasteiger partial charge on any atom is -0.479 e. The number of hydrogen-bond donors (Lipinski definition) is 2. The topological polar surface area (TPSA) is 96.3 Å². The van der Waals surface area contributed by atoms with Crippen LogP contribution in [0, 0.1) is 0 Å². The van der Waals surface area contributed by atoms with Crippen molar-refractivity contribution in [3.63, 3.8) is 0 Å². The molecular weight excluding hydrogens is 254 g/mol. The zero-order chi connectivity index (χ0) is 14.4. The van der Waals surface area contributed by atoms with Gasteiger partial charge in [-0.15, -0.1) is 0 Å². The summed E-state index contributed by atoms with van der Waals surface area (Å²) >= 11 is 0. The number of carboxylic acids is 1. The number of ether oxygens (including phenoxy) is 2. The molecule has 7 heteroatoms. The summed E-state index contributed by atoms with van der Waals surface area (Å²) in [6.45, 7) is 5.37. The van der Waals surface area contributed by atoms with Crippen LogP contribution in [0.5, 0.6) is 0 Å². The zero-order valence-electron chi connectivity index (χ0n) is 11.0. The van der Waals surface area contributed by atoms with Crippen LogP contribution in [0.15, 0.2) is 11.8 Å². The number of nitrogens with zero attached hydrogens (tertiary/aromatic N) is 1. The van der Waals surface area contributed by atoms with Crippen LogP contribution in [0.25, 0.3) is 0 Å². The maximum absolute atomic E-state index is 11.1. The van der Waals surface area contributed by atoms with E-state index in [-0.39, 0.29) is 24.7 Å². The lowest BCUT2D eigenvalue weighted by molar-refractivity contribution is -0.163. The fourth-order valence-corrected chi connectivity index (χ4v) is 1.86. The fourth-order valence-electron chi connectivity index (χ4n) is 1.86. The van der Waals surface area contributed by atoms with E-state index in [4.69, 9.17) is 19.7 Å². The van der Waals surface area contributed by atoms with Crippen LogP contribution in [-0.2, 0) is 19.1 Å². The second-order valence-corrected chi connectivity index (χ2v) is 3.89. The number of hydrogen-bond acceptors (Lipinski definition) is 5. The van der Waals surface area contributed by atoms with Gasteiger partial charge in [0.25, 0.3) is 0 Å². The summed E-state index contributed by atoms with van der Waals surface area (Å²) in [4.78, 5) is 23.1. The van der Waals surface area contributed by atoms with Crippen molar-refractivity contribution >= 4 is 11.9 Å². The van der Waals surface area contributed by atoms with E-state index in [0.29, 0.717) is 0 Å². The predicted molar refractivity (Wildman–Crippen MR) is 65.1 cm³/mol. The van der Waals surface area contributed by atoms with E-state index >= 15 is 0 Å². The lowest BCUT2D eigenvalue weighted by atomic mass is 10.1. The molecular formula is C12H19NO6. The molecule has 0 aromatic carbocycles. The number of β-lactam (4-membered cyclic amide) rings is 1. The standard InChI is InChI=1S/C8H9NO5.C4H10O/c10-2-1-4-7(8(12)13)9-5(11)3-6(9)14-4;1-3-5-4-2/h1,6-7,10H,2-3H2,(H,12,13);3-4H2,1-2H3/t6-,7-;/m1./s1. The molecule has 0 saturated carbocycles. The third-order valence-electron chi connectivity index (χ3n) is 2.70. The molecule has 0 aliphatic carbocycles. The number of aliphatic carboxylic acids is 1. The minimum atomic E-state index is -1.14. The molecule has 0 aromatic heterocycles. The summed E-state index contributed by atoms with van der Waals surface area (Å²) in [6.07, 6.45) is 1.03. The highest BCUT2D eigenvalue weighted by molar-refractivity contribution is 5.91. The van der Waals surface area contributed by atoms with Crippen LogP contribution in [-0.4, -0.2) is 59.1 Å². The lowest BCUT2D eigenvalue weighted by Gasteiger charge is -2.33. The van der Waals surface area contributed by atoms with Crippen molar-refractivity contribution in [1.29, 1.82) is 0 Å². The van der Waals surface area contributed by atoms with Crippen LogP contribution < -0.4 is 0 Å². The second-order valence-electron chi connectivity index (χ2n) is 3.89. The fraction of sp³-hybridized carbons (Fsp3) is 0.667. The van der Waals surface area contributed by atoms with Gasteiger partial charge in [-0.05, 0) is 19.9 Å². The smallest absolute Gasteiger partial charge is 0.334 e. The third kappa shape index (κ3) is 3.45. The molecule has 2 rings (SSSR count). The molecule has 0 radical (unpaired) electrons. The Morgan fingerprint density at radius 2 is 2.16 bits per heavy atom. The predicted octanol–water partition coefficient (Wildman–Crippen LogP) is -0.0528. The van der Waals surface area contributed by atoms with Gasteiger partial charge in [-0.3, -0.25) is 9.69 Å². The summed E-state index contributed by atoms with van der Waals surface area (Å²) in [5.41, 5.74) is 0. The summed E-state index contributed by atoms with van der Waals surface area (Å²) in [6, 6.07) is -1.06. The van der Waals surface area contributed by atoms with Crippen LogP contribution in [0.2, 0.25) is 0 Å². The molecule has 0 unspecified atom stereocenters. The van der Waals surface area contributed by atoms with Crippen molar-refractivity contribution in [2.45, 2.75) is 32.5 Å². The monoisotopic (exact) mass is 273 g/mol. The average Bonchev–Trinajstić information content (AvgIpc) is 2.64. The largest absolute Gasteiger partial charge is 0.479 e. The van der Waals surface area contributed by atoms with Crippen molar-refractivity contribution in [2.24, 2.45) is 0 Å². The Morgan fingerprint density at radius 3 is 2.53 bits per heavy atom. The van der Waals surface area contributed by atoms with Gasteiger partial charge in [0.05, 0.1) is 13.0 Å². The molecule has 0 spiro atoms. The van der Waals surface area contributed by atoms with Gasteiger partial charge in [0.2, 0.25) is 5.91 Å². The molecule has 1 amide bonds. The van der Waals surface area contributed by atoms with Crippen LogP contribution in [0.1, 0.15) is 20.3 Å². The zero-order valence-corrected chi connectivity index (χ0v) is 11.0. The molecule has 0 bridgehead atoms. The van der Waals surface area contributed by atoms with Crippen molar-refractivity contribution in [1.82, 2.24) is 4.90 Å². The highest BCUT2D eigenvalue weighted by Gasteiger charge is 2.53. The summed E-state index contributed by atoms with van der Waals surface area (Å²) in [5.74, 6) is -1.22. The Morgan fingerprint density at radius 1 is 1.53 bits per heavy atom. The van der Waals surface area contributed by atoms with E-state index in [1.165, 1.54) is 11.0 Å². The molecule has 7 nitrogen and oxygen atoms in total. The van der Waals surface area contributed by atoms with Gasteiger partial charge in [-0.2, -0.15) is 0 Å². The molecule has 2 heterocycles. The first kappa shape index (κ1) is 15.5. The molecule has 2 atom stereocenters. The maximum Gasteiger partial charge on any atom is 0.334 e. The lowest BCUT2D eigenvalue weighted by Crippen LogP contribution is -2.54. The Hall–Kier alpha value is -1.60. The van der Waals surface area contributed by atoms with E-state index < -0.39 is 18.2 Å². The number of rotatable bonds is 4. The van der Waals surface area contributed by atoms with Gasteiger partial charge in [-0.25, -0.2) is 4.79 Å². The van der Waals surface area contributed by atoms with Gasteiger partial charge in [0.15, 0.2) is 12.3 Å². The Balaban J connectivity index is 0.000000312. The van der Waals surface area contributed by atoms with E-state index in [9.17, 15) is 9.59 Å². The van der Waals surface area contributed by atoms with Gasteiger partial charge in [0, 0.05) is 13.2 Å². The van der Waals surface area contributed by atoms with E-state index in [2.05, 4.69) is 0 Å². The normalized spacial score (nSPS) is 26.2. The van der Waals surface area contributed by atoms with Crippen molar-refractivity contribution in [3.05, 3.63) is 11.8 Å². The number of fused-ring (bicyclic) bond motifs is 1. The molecule has 2 aliphatic rings. The molecule has 0 aromatic rings. The van der Waals surface area contributed by atoms with Crippen molar-refractivity contribution in [2.75, 3.05) is 19.8 Å². The number of aliphatic hydroxyl groups excluding tert-OH is 1. The van der Waals surface area contributed by atoms with E-state index in [1.54, 1.807) is 0 Å². The molecule has 108 valence electrons. The number of amides is 1. The average molecular weight is 273 g/mol. The number of aliphatic hydroxyl groups is 1. The van der Waals surface area contributed by atoms with Gasteiger partial charge >= 0.3 is 5.97 Å². The Labute approximate surface area is 111 Å². The number of carbonyl (C=O) groups excluding carboxylic acids is 1. The summed E-state index contributed by atoms with van der Waals surface area (Å²) in [7, 11) is 0. The van der Waals surface area contributed by atoms with E-state index in [0.717, 1.165) is 13.2 Å². The van der Waals surface area contributed by atoms with Crippen molar-refractivity contribution in [3.8, 4) is 0 Å². The maximum atomic E-state index is 11.1. The molecule has 2 saturated heterocycles. The third-order valence-corrected chi connectivity index (χ3v) is 2.70. The molecule has 2 fully saturated rings. The highest BCUT2D eigenvalue weighted by atomic mass is 16.5. The first-order chi connectivity index (χ1) is 9.06. The number of carboxylic acid groups (broad SMARTS) is 1. The Bertz CT molecular complexity index is 365. The SMILES string of the molecule is CCOCC.O=C(O)[C@H]1C(=CCO)O[C@@H]2CC(=O)N12. The van der Waals surface area contributed by atoms with Gasteiger partial charge < -0.3 is 19.7 Å². The van der Waals surface area contributed by atoms with Crippen LogP contribution >= 0.6 is 0 Å². The van der Waals surface area contributed by atoms with Crippen LogP contribution in [0.3, 0.4) is 0 Å². The van der Waals surface area contributed by atoms with E-state index in [1.807, 2.05) is 13.8 Å². The quantitative estimate of drug-likeness (QED) is 0.697. The molecule has 2 N–H and O–H groups in total. The van der Waals surface area contributed by atoms with Gasteiger partial charge in [0.1, 0.15) is 5.76 Å². The minimum absolute atomic E-state index is 0.149. The summed E-state index contributed by atoms with van der Waals surface area (Å²) < 4.78 is 10.0. The summed E-state index contributed by atoms with van der Waals surface area (Å²) in [5, 5.41) is 17.5. The first-order valence-corrected chi connectivity index (χ1v) is 6.16. The Kier molecular flexibility index (Phi) is 5.78. The molecule has 2 aliphatic heterocycles.